The third-order valence-electron chi connectivity index (χ3n) is 0.979. The lowest BCUT2D eigenvalue weighted by molar-refractivity contribution is -0.455. The summed E-state index contributed by atoms with van der Waals surface area (Å²) in [4.78, 5) is 0. The van der Waals surface area contributed by atoms with Crippen LogP contribution in [0, 0.1) is 0 Å². The molecule has 0 bridgehead atoms. The van der Waals surface area contributed by atoms with E-state index in [0.717, 1.165) is 0 Å². The van der Waals surface area contributed by atoms with Crippen LogP contribution in [0.15, 0.2) is 16.8 Å². The number of nitrogens with zero attached hydrogens (tertiary/aromatic N) is 3. The molecule has 0 saturated carbocycles. The molecule has 2 aliphatic heterocycles. The average Bonchev–Trinajstić information content (AvgIpc) is 2.33. The second kappa shape index (κ2) is 2.86. The SMILES string of the molecule is [I-].c1cc2nn[nH+]c-2on1. The van der Waals surface area contributed by atoms with Gasteiger partial charge in [0.2, 0.25) is 0 Å². The van der Waals surface area contributed by atoms with Crippen molar-refractivity contribution in [1.82, 2.24) is 15.5 Å². The molecular weight excluding hydrogens is 247 g/mol. The van der Waals surface area contributed by atoms with Gasteiger partial charge in [-0.3, -0.25) is 0 Å². The van der Waals surface area contributed by atoms with E-state index in [9.17, 15) is 0 Å². The molecule has 0 aromatic carbocycles. The van der Waals surface area contributed by atoms with Crippen LogP contribution in [-0.4, -0.2) is 15.5 Å². The molecular formula is C4H3IN4O. The fraction of sp³-hybridized carbons (Fsp3) is 0. The third-order valence-corrected chi connectivity index (χ3v) is 0.979. The van der Waals surface area contributed by atoms with Gasteiger partial charge in [-0.2, -0.15) is 0 Å². The summed E-state index contributed by atoms with van der Waals surface area (Å²) >= 11 is 0. The Morgan fingerprint density at radius 2 is 2.40 bits per heavy atom. The maximum Gasteiger partial charge on any atom is 0.385 e. The van der Waals surface area contributed by atoms with E-state index >= 15 is 0 Å². The van der Waals surface area contributed by atoms with E-state index in [-0.39, 0.29) is 24.0 Å². The van der Waals surface area contributed by atoms with Crippen molar-refractivity contribution in [2.45, 2.75) is 0 Å². The lowest BCUT2D eigenvalue weighted by Crippen LogP contribution is -3.00. The summed E-state index contributed by atoms with van der Waals surface area (Å²) in [6, 6.07) is 1.71. The molecule has 0 amide bonds. The molecule has 5 nitrogen and oxygen atoms in total. The first-order chi connectivity index (χ1) is 4.47. The number of hydrogen-bond acceptors (Lipinski definition) is 4. The molecule has 0 saturated heterocycles. The number of nitrogens with one attached hydrogen (secondary N) is 1. The molecule has 0 atom stereocenters. The van der Waals surface area contributed by atoms with Crippen molar-refractivity contribution >= 4 is 0 Å². The highest BCUT2D eigenvalue weighted by Crippen LogP contribution is 2.06. The Hall–Kier alpha value is -0.790. The summed E-state index contributed by atoms with van der Waals surface area (Å²) in [6.07, 6.45) is 1.52. The quantitative estimate of drug-likeness (QED) is 0.453. The van der Waals surface area contributed by atoms with E-state index in [1.165, 1.54) is 6.20 Å². The van der Waals surface area contributed by atoms with Gasteiger partial charge in [0.25, 0.3) is 5.69 Å². The Balaban J connectivity index is 0.000000500. The normalized spacial score (nSPS) is 9.20. The van der Waals surface area contributed by atoms with Gasteiger partial charge in [0, 0.05) is 6.07 Å². The standard InChI is InChI=1S/C4H2N4O.HI/c1-2-5-9-4-3(1)6-8-7-4;/h1-2H;1H. The number of hydrogen-bond donors (Lipinski definition) is 0. The Kier molecular flexibility index (Phi) is 2.10. The summed E-state index contributed by atoms with van der Waals surface area (Å²) in [5.74, 6) is 0.498. The molecule has 0 spiro atoms. The molecule has 0 fully saturated rings. The largest absolute Gasteiger partial charge is 1.00 e. The fourth-order valence-corrected chi connectivity index (χ4v) is 0.587. The molecule has 0 aromatic rings. The van der Waals surface area contributed by atoms with E-state index in [1.807, 2.05) is 0 Å². The molecule has 52 valence electrons. The zero-order valence-electron chi connectivity index (χ0n) is 4.78. The number of fused-ring (bicyclic) bond motifs is 1. The first-order valence-electron chi connectivity index (χ1n) is 2.41. The van der Waals surface area contributed by atoms with Crippen molar-refractivity contribution in [1.29, 1.82) is 0 Å². The minimum atomic E-state index is 0. The number of aromatic amines is 1. The summed E-state index contributed by atoms with van der Waals surface area (Å²) in [5, 5.41) is 13.2. The monoisotopic (exact) mass is 250 g/mol. The minimum absolute atomic E-state index is 0. The van der Waals surface area contributed by atoms with Crippen molar-refractivity contribution in [3.05, 3.63) is 12.3 Å². The Bertz CT molecular complexity index is 257. The van der Waals surface area contributed by atoms with Crippen molar-refractivity contribution < 1.29 is 33.6 Å². The van der Waals surface area contributed by atoms with Crippen LogP contribution in [0.1, 0.15) is 0 Å². The van der Waals surface area contributed by atoms with E-state index in [2.05, 4.69) is 20.6 Å². The van der Waals surface area contributed by atoms with Crippen LogP contribution >= 0.6 is 0 Å². The van der Waals surface area contributed by atoms with Crippen molar-refractivity contribution in [2.24, 2.45) is 0 Å². The molecule has 0 radical (unpaired) electrons. The Morgan fingerprint density at radius 3 is 3.20 bits per heavy atom. The summed E-state index contributed by atoms with van der Waals surface area (Å²) in [5.41, 5.74) is 0.685. The number of halogens is 1. The van der Waals surface area contributed by atoms with Gasteiger partial charge in [-0.05, 0) is 0 Å². The van der Waals surface area contributed by atoms with Crippen molar-refractivity contribution in [3.8, 4) is 11.6 Å². The molecule has 2 rings (SSSR count). The lowest BCUT2D eigenvalue weighted by Gasteiger charge is -1.78. The summed E-state index contributed by atoms with van der Waals surface area (Å²) in [6.45, 7) is 0. The van der Waals surface area contributed by atoms with Crippen molar-refractivity contribution in [3.63, 3.8) is 0 Å². The van der Waals surface area contributed by atoms with E-state index in [4.69, 9.17) is 4.52 Å². The third kappa shape index (κ3) is 1.06. The van der Waals surface area contributed by atoms with Crippen LogP contribution in [0.3, 0.4) is 0 Å². The number of aromatic nitrogens is 4. The van der Waals surface area contributed by atoms with Gasteiger partial charge in [-0.1, -0.05) is 5.16 Å². The number of rotatable bonds is 0. The van der Waals surface area contributed by atoms with Gasteiger partial charge >= 0.3 is 5.89 Å². The zero-order valence-corrected chi connectivity index (χ0v) is 6.94. The maximum atomic E-state index is 4.72. The van der Waals surface area contributed by atoms with Crippen LogP contribution in [0.5, 0.6) is 0 Å². The zero-order chi connectivity index (χ0) is 6.10. The molecule has 1 N–H and O–H groups in total. The van der Waals surface area contributed by atoms with Gasteiger partial charge in [-0.25, -0.2) is 0 Å². The second-order valence-corrected chi connectivity index (χ2v) is 1.54. The maximum absolute atomic E-state index is 4.72. The van der Waals surface area contributed by atoms with E-state index in [0.29, 0.717) is 11.6 Å². The number of H-pyrrole nitrogens is 1. The highest BCUT2D eigenvalue weighted by atomic mass is 127. The molecule has 10 heavy (non-hydrogen) atoms. The molecule has 0 aliphatic carbocycles. The van der Waals surface area contributed by atoms with E-state index in [1.54, 1.807) is 6.07 Å². The van der Waals surface area contributed by atoms with Gasteiger partial charge < -0.3 is 28.5 Å². The fourth-order valence-electron chi connectivity index (χ4n) is 0.587. The highest BCUT2D eigenvalue weighted by Gasteiger charge is 2.16. The predicted molar refractivity (Wildman–Crippen MR) is 25.3 cm³/mol. The summed E-state index contributed by atoms with van der Waals surface area (Å²) in [7, 11) is 0. The van der Waals surface area contributed by atoms with Crippen molar-refractivity contribution in [2.75, 3.05) is 0 Å². The van der Waals surface area contributed by atoms with Crippen LogP contribution in [-0.2, 0) is 0 Å². The first kappa shape index (κ1) is 7.32. The Morgan fingerprint density at radius 1 is 1.50 bits per heavy atom. The van der Waals surface area contributed by atoms with Crippen LogP contribution in [0.25, 0.3) is 11.6 Å². The highest BCUT2D eigenvalue weighted by molar-refractivity contribution is 5.39. The minimum Gasteiger partial charge on any atom is -1.00 e. The Labute approximate surface area is 73.2 Å². The van der Waals surface area contributed by atoms with Crippen LogP contribution in [0.2, 0.25) is 0 Å². The van der Waals surface area contributed by atoms with Gasteiger partial charge in [0.1, 0.15) is 5.21 Å². The first-order valence-corrected chi connectivity index (χ1v) is 2.41. The second-order valence-electron chi connectivity index (χ2n) is 1.54. The van der Waals surface area contributed by atoms with E-state index < -0.39 is 0 Å². The molecule has 0 unspecified atom stereocenters. The topological polar surface area (TPSA) is 66.0 Å². The van der Waals surface area contributed by atoms with Gasteiger partial charge in [0.05, 0.1) is 11.3 Å². The molecule has 2 heterocycles. The van der Waals surface area contributed by atoms with Gasteiger partial charge in [-0.15, -0.1) is 5.10 Å². The average molecular weight is 250 g/mol. The van der Waals surface area contributed by atoms with Crippen LogP contribution in [0.4, 0.5) is 0 Å². The van der Waals surface area contributed by atoms with Crippen LogP contribution < -0.4 is 29.1 Å². The molecule has 2 aliphatic rings. The molecule has 6 heteroatoms. The lowest BCUT2D eigenvalue weighted by atomic mass is 10.4. The molecule has 0 aromatic heterocycles. The van der Waals surface area contributed by atoms with Gasteiger partial charge in [0.15, 0.2) is 0 Å². The predicted octanol–water partition coefficient (Wildman–Crippen LogP) is -3.61. The smallest absolute Gasteiger partial charge is 0.385 e. The summed E-state index contributed by atoms with van der Waals surface area (Å²) < 4.78 is 4.72.